The van der Waals surface area contributed by atoms with Gasteiger partial charge in [-0.25, -0.2) is 4.98 Å². The highest BCUT2D eigenvalue weighted by Crippen LogP contribution is 2.25. The van der Waals surface area contributed by atoms with E-state index < -0.39 is 24.7 Å². The molecule has 1 amide bonds. The normalized spacial score (nSPS) is 17.6. The molecule has 0 saturated carbocycles. The van der Waals surface area contributed by atoms with Gasteiger partial charge in [-0.05, 0) is 17.7 Å². The monoisotopic (exact) mass is 355 g/mol. The predicted octanol–water partition coefficient (Wildman–Crippen LogP) is 1.06. The first-order valence-corrected chi connectivity index (χ1v) is 8.14. The van der Waals surface area contributed by atoms with Crippen LogP contribution in [0.3, 0.4) is 0 Å². The fourth-order valence-electron chi connectivity index (χ4n) is 3.05. The third kappa shape index (κ3) is 4.29. The minimum absolute atomic E-state index is 0.0117. The first-order valence-electron chi connectivity index (χ1n) is 8.14. The topological polar surface area (TPSA) is 73.0 Å². The second-order valence-corrected chi connectivity index (χ2v) is 6.04. The average Bonchev–Trinajstić information content (AvgIpc) is 2.98. The van der Waals surface area contributed by atoms with Gasteiger partial charge in [-0.15, -0.1) is 0 Å². The van der Waals surface area contributed by atoms with Gasteiger partial charge in [0.2, 0.25) is 5.91 Å². The summed E-state index contributed by atoms with van der Waals surface area (Å²) in [6.45, 7) is 1.22. The van der Waals surface area contributed by atoms with Crippen LogP contribution in [0.4, 0.5) is 13.2 Å². The largest absolute Gasteiger partial charge is 0.405 e. The molecule has 0 aromatic carbocycles. The van der Waals surface area contributed by atoms with Gasteiger partial charge in [0.15, 0.2) is 0 Å². The molecule has 25 heavy (non-hydrogen) atoms. The number of aromatic nitrogens is 2. The third-order valence-electron chi connectivity index (χ3n) is 4.35. The lowest BCUT2D eigenvalue weighted by Gasteiger charge is -2.35. The molecule has 0 spiro atoms. The lowest BCUT2D eigenvalue weighted by atomic mass is 10.1. The second kappa shape index (κ2) is 7.40. The Morgan fingerprint density at radius 2 is 2.12 bits per heavy atom. The van der Waals surface area contributed by atoms with Crippen molar-refractivity contribution in [2.45, 2.75) is 18.6 Å². The number of alkyl halides is 3. The lowest BCUT2D eigenvalue weighted by Crippen LogP contribution is -2.57. The molecule has 3 N–H and O–H groups in total. The Hall–Kier alpha value is -2.13. The SMILES string of the molecule is O=C(Cc1c[nH]c2ncccc12)NCC(N1CCNCC1)C(F)(F)F. The van der Waals surface area contributed by atoms with Gasteiger partial charge in [0.25, 0.3) is 0 Å². The molecule has 1 unspecified atom stereocenters. The van der Waals surface area contributed by atoms with Crippen molar-refractivity contribution < 1.29 is 18.0 Å². The molecule has 1 atom stereocenters. The van der Waals surface area contributed by atoms with Crippen LogP contribution < -0.4 is 10.6 Å². The van der Waals surface area contributed by atoms with Gasteiger partial charge in [-0.3, -0.25) is 9.69 Å². The molecule has 0 radical (unpaired) electrons. The Kier molecular flexibility index (Phi) is 5.24. The van der Waals surface area contributed by atoms with Gasteiger partial charge in [0.05, 0.1) is 6.42 Å². The average molecular weight is 355 g/mol. The highest BCUT2D eigenvalue weighted by Gasteiger charge is 2.43. The Morgan fingerprint density at radius 1 is 1.36 bits per heavy atom. The van der Waals surface area contributed by atoms with Crippen LogP contribution in [-0.2, 0) is 11.2 Å². The summed E-state index contributed by atoms with van der Waals surface area (Å²) in [7, 11) is 0. The Balaban J connectivity index is 1.61. The maximum atomic E-state index is 13.3. The number of piperazine rings is 1. The standard InChI is InChI=1S/C16H20F3N5O/c17-16(18,19)13(24-6-4-20-5-7-24)10-22-14(25)8-11-9-23-15-12(11)2-1-3-21-15/h1-3,9,13,20H,4-8,10H2,(H,21,23)(H,22,25). The summed E-state index contributed by atoms with van der Waals surface area (Å²) in [6, 6.07) is 1.91. The molecular weight excluding hydrogens is 335 g/mol. The molecule has 1 saturated heterocycles. The molecule has 9 heteroatoms. The number of carbonyl (C=O) groups excluding carboxylic acids is 1. The van der Waals surface area contributed by atoms with Gasteiger partial charge in [0.1, 0.15) is 11.7 Å². The number of aromatic amines is 1. The van der Waals surface area contributed by atoms with Crippen LogP contribution in [0.2, 0.25) is 0 Å². The van der Waals surface area contributed by atoms with E-state index in [4.69, 9.17) is 0 Å². The number of nitrogens with zero attached hydrogens (tertiary/aromatic N) is 2. The van der Waals surface area contributed by atoms with Crippen molar-refractivity contribution in [1.29, 1.82) is 0 Å². The molecule has 6 nitrogen and oxygen atoms in total. The van der Waals surface area contributed by atoms with Crippen LogP contribution in [0.15, 0.2) is 24.5 Å². The number of pyridine rings is 1. The number of hydrogen-bond acceptors (Lipinski definition) is 4. The molecule has 1 aliphatic rings. The van der Waals surface area contributed by atoms with Crippen molar-refractivity contribution in [3.8, 4) is 0 Å². The highest BCUT2D eigenvalue weighted by atomic mass is 19.4. The Morgan fingerprint density at radius 3 is 2.84 bits per heavy atom. The summed E-state index contributed by atoms with van der Waals surface area (Å²) < 4.78 is 39.9. The molecular formula is C16H20F3N5O. The van der Waals surface area contributed by atoms with Crippen LogP contribution in [0.25, 0.3) is 11.0 Å². The third-order valence-corrected chi connectivity index (χ3v) is 4.35. The Labute approximate surface area is 142 Å². The maximum Gasteiger partial charge on any atom is 0.405 e. The number of carbonyl (C=O) groups is 1. The number of fused-ring (bicyclic) bond motifs is 1. The fourth-order valence-corrected chi connectivity index (χ4v) is 3.05. The highest BCUT2D eigenvalue weighted by molar-refractivity contribution is 5.87. The summed E-state index contributed by atoms with van der Waals surface area (Å²) in [5, 5.41) is 6.26. The number of nitrogens with one attached hydrogen (secondary N) is 3. The lowest BCUT2D eigenvalue weighted by molar-refractivity contribution is -0.184. The van der Waals surface area contributed by atoms with Crippen molar-refractivity contribution in [3.63, 3.8) is 0 Å². The molecule has 1 aliphatic heterocycles. The van der Waals surface area contributed by atoms with E-state index in [0.717, 1.165) is 5.39 Å². The molecule has 136 valence electrons. The van der Waals surface area contributed by atoms with Crippen LogP contribution in [0, 0.1) is 0 Å². The van der Waals surface area contributed by atoms with E-state index in [2.05, 4.69) is 20.6 Å². The molecule has 3 rings (SSSR count). The predicted molar refractivity (Wildman–Crippen MR) is 87.1 cm³/mol. The maximum absolute atomic E-state index is 13.3. The quantitative estimate of drug-likeness (QED) is 0.750. The molecule has 0 aliphatic carbocycles. The van der Waals surface area contributed by atoms with Crippen LogP contribution in [-0.4, -0.2) is 65.7 Å². The molecule has 3 heterocycles. The Bertz CT molecular complexity index is 724. The van der Waals surface area contributed by atoms with Crippen molar-refractivity contribution in [1.82, 2.24) is 25.5 Å². The number of rotatable bonds is 5. The van der Waals surface area contributed by atoms with Crippen LogP contribution in [0.1, 0.15) is 5.56 Å². The van der Waals surface area contributed by atoms with Crippen molar-refractivity contribution in [3.05, 3.63) is 30.1 Å². The van der Waals surface area contributed by atoms with Gasteiger partial charge in [0, 0.05) is 50.5 Å². The number of H-pyrrole nitrogens is 1. The van der Waals surface area contributed by atoms with Crippen molar-refractivity contribution in [2.75, 3.05) is 32.7 Å². The van der Waals surface area contributed by atoms with Crippen LogP contribution in [0.5, 0.6) is 0 Å². The summed E-state index contributed by atoms with van der Waals surface area (Å²) in [6.07, 6.45) is -1.08. The van der Waals surface area contributed by atoms with Gasteiger partial charge < -0.3 is 15.6 Å². The minimum atomic E-state index is -4.38. The first-order chi connectivity index (χ1) is 11.9. The molecule has 2 aromatic rings. The van der Waals surface area contributed by atoms with Crippen molar-refractivity contribution >= 4 is 16.9 Å². The van der Waals surface area contributed by atoms with Crippen molar-refractivity contribution in [2.24, 2.45) is 0 Å². The summed E-state index contributed by atoms with van der Waals surface area (Å²) in [5.74, 6) is -0.436. The summed E-state index contributed by atoms with van der Waals surface area (Å²) in [5.41, 5.74) is 1.37. The molecule has 2 aromatic heterocycles. The second-order valence-electron chi connectivity index (χ2n) is 6.04. The van der Waals surface area contributed by atoms with E-state index in [1.54, 1.807) is 18.5 Å². The fraction of sp³-hybridized carbons (Fsp3) is 0.500. The summed E-state index contributed by atoms with van der Waals surface area (Å²) in [4.78, 5) is 20.6. The summed E-state index contributed by atoms with van der Waals surface area (Å²) >= 11 is 0. The number of hydrogen-bond donors (Lipinski definition) is 3. The van der Waals surface area contributed by atoms with Crippen LogP contribution >= 0.6 is 0 Å². The van der Waals surface area contributed by atoms with E-state index in [-0.39, 0.29) is 6.42 Å². The van der Waals surface area contributed by atoms with E-state index in [1.807, 2.05) is 6.07 Å². The number of halogens is 3. The zero-order chi connectivity index (χ0) is 17.9. The first kappa shape index (κ1) is 17.7. The van der Waals surface area contributed by atoms with E-state index in [9.17, 15) is 18.0 Å². The zero-order valence-electron chi connectivity index (χ0n) is 13.6. The van der Waals surface area contributed by atoms with Gasteiger partial charge >= 0.3 is 6.18 Å². The molecule has 0 bridgehead atoms. The van der Waals surface area contributed by atoms with Gasteiger partial charge in [-0.1, -0.05) is 0 Å². The number of amides is 1. The van der Waals surface area contributed by atoms with E-state index in [0.29, 0.717) is 37.4 Å². The van der Waals surface area contributed by atoms with E-state index in [1.165, 1.54) is 4.90 Å². The minimum Gasteiger partial charge on any atom is -0.354 e. The van der Waals surface area contributed by atoms with E-state index >= 15 is 0 Å². The molecule has 1 fully saturated rings. The smallest absolute Gasteiger partial charge is 0.354 e. The van der Waals surface area contributed by atoms with Gasteiger partial charge in [-0.2, -0.15) is 13.2 Å². The zero-order valence-corrected chi connectivity index (χ0v) is 13.6.